The number of imidazole rings is 1. The van der Waals surface area contributed by atoms with Gasteiger partial charge in [-0.05, 0) is 31.8 Å². The number of hydrogen-bond donors (Lipinski definition) is 2. The van der Waals surface area contributed by atoms with E-state index in [1.54, 1.807) is 0 Å². The Morgan fingerprint density at radius 3 is 2.55 bits per heavy atom. The van der Waals surface area contributed by atoms with Crippen LogP contribution in [0.3, 0.4) is 0 Å². The van der Waals surface area contributed by atoms with Gasteiger partial charge in [0.15, 0.2) is 0 Å². The van der Waals surface area contributed by atoms with Crippen LogP contribution in [0, 0.1) is 6.92 Å². The molecule has 0 bridgehead atoms. The summed E-state index contributed by atoms with van der Waals surface area (Å²) in [4.78, 5) is 8.23. The van der Waals surface area contributed by atoms with Gasteiger partial charge in [0.2, 0.25) is 0 Å². The molecule has 0 aliphatic heterocycles. The highest BCUT2D eigenvalue weighted by Crippen LogP contribution is 2.26. The standard InChI is InChI=1S/C16H19N3.C3H8.H2/c1-4-13(17-3)16-18-14-8-6-11-9-10(2)5-7-12(11)15(14)19-16;1-3-2;/h5-9,13,17H,4H2,1-3H3,(H,18,19);3H2,1-2H3;1H. The maximum Gasteiger partial charge on any atom is 0.124 e. The van der Waals surface area contributed by atoms with Crippen molar-refractivity contribution in [2.75, 3.05) is 7.05 Å². The van der Waals surface area contributed by atoms with E-state index in [9.17, 15) is 0 Å². The summed E-state index contributed by atoms with van der Waals surface area (Å²) < 4.78 is 0. The summed E-state index contributed by atoms with van der Waals surface area (Å²) >= 11 is 0. The molecule has 0 aliphatic rings. The number of rotatable bonds is 3. The second-order valence-electron chi connectivity index (χ2n) is 5.76. The van der Waals surface area contributed by atoms with Crippen LogP contribution in [0.4, 0.5) is 0 Å². The number of aryl methyl sites for hydroxylation is 1. The van der Waals surface area contributed by atoms with Crippen molar-refractivity contribution in [2.24, 2.45) is 0 Å². The molecule has 22 heavy (non-hydrogen) atoms. The molecule has 0 radical (unpaired) electrons. The highest BCUT2D eigenvalue weighted by Gasteiger charge is 2.13. The minimum absolute atomic E-state index is 0. The van der Waals surface area contributed by atoms with E-state index in [-0.39, 0.29) is 7.47 Å². The van der Waals surface area contributed by atoms with Crippen molar-refractivity contribution in [2.45, 2.75) is 46.6 Å². The molecule has 0 amide bonds. The van der Waals surface area contributed by atoms with Gasteiger partial charge in [0, 0.05) is 6.81 Å². The molecule has 120 valence electrons. The number of nitrogens with one attached hydrogen (secondary N) is 2. The second-order valence-corrected chi connectivity index (χ2v) is 5.76. The van der Waals surface area contributed by atoms with E-state index in [0.29, 0.717) is 0 Å². The third kappa shape index (κ3) is 3.30. The van der Waals surface area contributed by atoms with Gasteiger partial charge >= 0.3 is 0 Å². The van der Waals surface area contributed by atoms with Gasteiger partial charge < -0.3 is 10.3 Å². The lowest BCUT2D eigenvalue weighted by Crippen LogP contribution is -2.16. The number of hydrogen-bond acceptors (Lipinski definition) is 2. The molecule has 1 heterocycles. The normalized spacial score (nSPS) is 12.2. The van der Waals surface area contributed by atoms with Crippen molar-refractivity contribution in [1.29, 1.82) is 0 Å². The molecule has 3 heteroatoms. The molecule has 0 saturated heterocycles. The summed E-state index contributed by atoms with van der Waals surface area (Å²) in [5.41, 5.74) is 3.46. The minimum atomic E-state index is 0. The Kier molecular flexibility index (Phi) is 5.56. The first-order valence-electron chi connectivity index (χ1n) is 8.20. The Bertz CT molecular complexity index is 745. The molecule has 0 aliphatic carbocycles. The lowest BCUT2D eigenvalue weighted by atomic mass is 10.1. The maximum absolute atomic E-state index is 4.79. The molecule has 0 saturated carbocycles. The average Bonchev–Trinajstić information content (AvgIpc) is 2.93. The smallest absolute Gasteiger partial charge is 0.124 e. The molecule has 3 rings (SSSR count). The summed E-state index contributed by atoms with van der Waals surface area (Å²) in [7, 11) is 1.98. The molecule has 1 aromatic heterocycles. The molecule has 3 nitrogen and oxygen atoms in total. The van der Waals surface area contributed by atoms with Crippen molar-refractivity contribution in [3.05, 3.63) is 41.7 Å². The van der Waals surface area contributed by atoms with Crippen LogP contribution in [-0.4, -0.2) is 17.0 Å². The molecule has 0 fully saturated rings. The zero-order chi connectivity index (χ0) is 16.1. The predicted molar refractivity (Wildman–Crippen MR) is 98.5 cm³/mol. The fourth-order valence-electron chi connectivity index (χ4n) is 2.64. The van der Waals surface area contributed by atoms with Gasteiger partial charge in [-0.15, -0.1) is 0 Å². The lowest BCUT2D eigenvalue weighted by molar-refractivity contribution is 0.551. The van der Waals surface area contributed by atoms with Crippen LogP contribution in [0.2, 0.25) is 0 Å². The fraction of sp³-hybridized carbons (Fsp3) is 0.421. The number of aromatic amines is 1. The number of fused-ring (bicyclic) bond motifs is 3. The first kappa shape index (κ1) is 16.5. The quantitative estimate of drug-likeness (QED) is 0.683. The summed E-state index contributed by atoms with van der Waals surface area (Å²) in [6.45, 7) is 8.53. The third-order valence-electron chi connectivity index (χ3n) is 3.73. The first-order valence-corrected chi connectivity index (χ1v) is 8.20. The van der Waals surface area contributed by atoms with Gasteiger partial charge in [-0.25, -0.2) is 4.98 Å². The summed E-state index contributed by atoms with van der Waals surface area (Å²) in [6.07, 6.45) is 2.27. The minimum Gasteiger partial charge on any atom is -0.341 e. The average molecular weight is 299 g/mol. The van der Waals surface area contributed by atoms with Crippen LogP contribution < -0.4 is 5.32 Å². The van der Waals surface area contributed by atoms with Crippen molar-refractivity contribution in [3.8, 4) is 0 Å². The summed E-state index contributed by atoms with van der Waals surface area (Å²) in [5, 5.41) is 5.76. The van der Waals surface area contributed by atoms with E-state index in [2.05, 4.69) is 68.3 Å². The Morgan fingerprint density at radius 1 is 1.18 bits per heavy atom. The number of aromatic nitrogens is 2. The largest absolute Gasteiger partial charge is 0.341 e. The monoisotopic (exact) mass is 299 g/mol. The van der Waals surface area contributed by atoms with Crippen molar-refractivity contribution in [3.63, 3.8) is 0 Å². The van der Waals surface area contributed by atoms with Crippen LogP contribution in [0.25, 0.3) is 21.8 Å². The van der Waals surface area contributed by atoms with Crippen LogP contribution >= 0.6 is 0 Å². The molecule has 2 aromatic carbocycles. The zero-order valence-electron chi connectivity index (χ0n) is 14.3. The molecule has 1 unspecified atom stereocenters. The Balaban J connectivity index is 0.000000615. The van der Waals surface area contributed by atoms with Gasteiger partial charge in [-0.2, -0.15) is 0 Å². The number of benzene rings is 2. The topological polar surface area (TPSA) is 40.7 Å². The van der Waals surface area contributed by atoms with Crippen LogP contribution in [0.5, 0.6) is 0 Å². The van der Waals surface area contributed by atoms with E-state index in [4.69, 9.17) is 4.98 Å². The molecule has 1 atom stereocenters. The zero-order valence-corrected chi connectivity index (χ0v) is 14.3. The van der Waals surface area contributed by atoms with Gasteiger partial charge in [0.25, 0.3) is 0 Å². The van der Waals surface area contributed by atoms with E-state index >= 15 is 0 Å². The van der Waals surface area contributed by atoms with Crippen molar-refractivity contribution < 1.29 is 1.43 Å². The summed E-state index contributed by atoms with van der Waals surface area (Å²) in [5.74, 6) is 1.02. The highest BCUT2D eigenvalue weighted by atomic mass is 15.0. The molecular weight excluding hydrogens is 270 g/mol. The molecule has 0 spiro atoms. The SMILES string of the molecule is CCC.CCC(NC)c1nc2c(ccc3cc(C)ccc32)[nH]1.[HH]. The lowest BCUT2D eigenvalue weighted by Gasteiger charge is -2.09. The number of H-pyrrole nitrogens is 1. The predicted octanol–water partition coefficient (Wildman–Crippen LogP) is 5.36. The Hall–Kier alpha value is -1.87. The van der Waals surface area contributed by atoms with Gasteiger partial charge in [0.05, 0.1) is 17.1 Å². The highest BCUT2D eigenvalue weighted by molar-refractivity contribution is 6.04. The van der Waals surface area contributed by atoms with Crippen LogP contribution in [0.15, 0.2) is 30.3 Å². The van der Waals surface area contributed by atoms with Crippen LogP contribution in [0.1, 0.15) is 52.5 Å². The third-order valence-corrected chi connectivity index (χ3v) is 3.73. The van der Waals surface area contributed by atoms with E-state index in [1.807, 2.05) is 7.05 Å². The van der Waals surface area contributed by atoms with Crippen molar-refractivity contribution in [1.82, 2.24) is 15.3 Å². The molecule has 3 aromatic rings. The molecule has 2 N–H and O–H groups in total. The van der Waals surface area contributed by atoms with Crippen molar-refractivity contribution >= 4 is 21.8 Å². The number of nitrogens with zero attached hydrogens (tertiary/aromatic N) is 1. The maximum atomic E-state index is 4.79. The fourth-order valence-corrected chi connectivity index (χ4v) is 2.64. The Labute approximate surface area is 134 Å². The Morgan fingerprint density at radius 2 is 1.91 bits per heavy atom. The van der Waals surface area contributed by atoms with E-state index in [0.717, 1.165) is 23.3 Å². The van der Waals surface area contributed by atoms with Gasteiger partial charge in [-0.1, -0.05) is 57.0 Å². The first-order chi connectivity index (χ1) is 10.6. The molecular formula is C19H29N3. The van der Waals surface area contributed by atoms with Gasteiger partial charge in [-0.3, -0.25) is 0 Å². The second kappa shape index (κ2) is 7.41. The van der Waals surface area contributed by atoms with E-state index < -0.39 is 0 Å². The van der Waals surface area contributed by atoms with Crippen LogP contribution in [-0.2, 0) is 0 Å². The van der Waals surface area contributed by atoms with E-state index in [1.165, 1.54) is 22.8 Å². The van der Waals surface area contributed by atoms with Gasteiger partial charge in [0.1, 0.15) is 5.82 Å². The summed E-state index contributed by atoms with van der Waals surface area (Å²) in [6, 6.07) is 11.1.